The summed E-state index contributed by atoms with van der Waals surface area (Å²) in [6.45, 7) is 0.543. The summed E-state index contributed by atoms with van der Waals surface area (Å²) in [6.07, 6.45) is 1.45. The Morgan fingerprint density at radius 1 is 1.19 bits per heavy atom. The van der Waals surface area contributed by atoms with Gasteiger partial charge in [-0.3, -0.25) is 9.20 Å². The molecule has 3 aromatic heterocycles. The van der Waals surface area contributed by atoms with Gasteiger partial charge in [-0.2, -0.15) is 4.98 Å². The van der Waals surface area contributed by atoms with Gasteiger partial charge in [-0.25, -0.2) is 13.8 Å². The Kier molecular flexibility index (Phi) is 4.95. The maximum absolute atomic E-state index is 14.1. The summed E-state index contributed by atoms with van der Waals surface area (Å²) < 4.78 is 40.9. The number of imidazole rings is 1. The molecule has 0 aliphatic rings. The number of nitrogens with zero attached hydrogens (tertiary/aromatic N) is 5. The number of ether oxygens (including phenoxy) is 1. The van der Waals surface area contributed by atoms with Crippen LogP contribution in [0.15, 0.2) is 52.0 Å². The zero-order valence-corrected chi connectivity index (χ0v) is 17.3. The molecule has 0 N–H and O–H groups in total. The molecule has 32 heavy (non-hydrogen) atoms. The van der Waals surface area contributed by atoms with Gasteiger partial charge >= 0.3 is 0 Å². The topological polar surface area (TPSA) is 87.5 Å². The zero-order valence-electron chi connectivity index (χ0n) is 16.6. The van der Waals surface area contributed by atoms with E-state index in [9.17, 15) is 13.6 Å². The van der Waals surface area contributed by atoms with E-state index in [1.807, 2.05) is 0 Å². The molecule has 11 heteroatoms. The average Bonchev–Trinajstić information content (AvgIpc) is 3.41. The summed E-state index contributed by atoms with van der Waals surface area (Å²) in [4.78, 5) is 21.9. The molecule has 0 aliphatic carbocycles. The van der Waals surface area contributed by atoms with Crippen LogP contribution in [-0.2, 0) is 11.3 Å². The lowest BCUT2D eigenvalue weighted by Crippen LogP contribution is -2.25. The molecular formula is C21H14ClF2N5O3. The van der Waals surface area contributed by atoms with E-state index in [-0.39, 0.29) is 47.2 Å². The number of para-hydroxylation sites is 1. The number of benzene rings is 2. The lowest BCUT2D eigenvalue weighted by molar-refractivity contribution is 0.187. The Morgan fingerprint density at radius 2 is 2.03 bits per heavy atom. The predicted octanol–water partition coefficient (Wildman–Crippen LogP) is 3.94. The lowest BCUT2D eigenvalue weighted by atomic mass is 10.2. The van der Waals surface area contributed by atoms with E-state index in [2.05, 4.69) is 15.1 Å². The van der Waals surface area contributed by atoms with E-state index >= 15 is 0 Å². The monoisotopic (exact) mass is 457 g/mol. The van der Waals surface area contributed by atoms with Gasteiger partial charge in [-0.05, 0) is 24.3 Å². The van der Waals surface area contributed by atoms with Crippen LogP contribution < -0.4 is 5.56 Å². The van der Waals surface area contributed by atoms with Gasteiger partial charge < -0.3 is 13.8 Å². The van der Waals surface area contributed by atoms with Crippen LogP contribution in [0.25, 0.3) is 39.5 Å². The molecule has 0 bridgehead atoms. The summed E-state index contributed by atoms with van der Waals surface area (Å²) in [5, 5.41) is 4.17. The normalized spacial score (nSPS) is 11.6. The lowest BCUT2D eigenvalue weighted by Gasteiger charge is -2.13. The molecule has 0 amide bonds. The van der Waals surface area contributed by atoms with Crippen molar-refractivity contribution in [2.75, 3.05) is 13.7 Å². The first-order valence-corrected chi connectivity index (χ1v) is 9.84. The standard InChI is InChI=1S/C21H14ClF2N5O3/c1-31-8-7-28-17-13(22)3-2-4-15(17)29-10-25-16(18(29)21(28)30)20-26-19(27-32-20)12-6-5-11(23)9-14(12)24/h2-6,9-10H,7-8H2,1H3. The van der Waals surface area contributed by atoms with E-state index in [0.29, 0.717) is 16.1 Å². The van der Waals surface area contributed by atoms with Crippen LogP contribution in [0.1, 0.15) is 0 Å². The van der Waals surface area contributed by atoms with Crippen molar-refractivity contribution in [3.63, 3.8) is 0 Å². The number of hydrogen-bond donors (Lipinski definition) is 0. The molecule has 0 aliphatic heterocycles. The van der Waals surface area contributed by atoms with Crippen molar-refractivity contribution < 1.29 is 18.0 Å². The molecule has 0 unspecified atom stereocenters. The first-order chi connectivity index (χ1) is 15.5. The average molecular weight is 458 g/mol. The van der Waals surface area contributed by atoms with Crippen LogP contribution in [0.3, 0.4) is 0 Å². The van der Waals surface area contributed by atoms with Gasteiger partial charge in [0.1, 0.15) is 23.5 Å². The van der Waals surface area contributed by atoms with Crippen molar-refractivity contribution in [1.29, 1.82) is 0 Å². The van der Waals surface area contributed by atoms with Gasteiger partial charge in [-0.15, -0.1) is 0 Å². The van der Waals surface area contributed by atoms with Crippen molar-refractivity contribution in [3.8, 4) is 23.0 Å². The van der Waals surface area contributed by atoms with Crippen molar-refractivity contribution >= 4 is 28.2 Å². The second kappa shape index (κ2) is 7.81. The highest BCUT2D eigenvalue weighted by Crippen LogP contribution is 2.28. The summed E-state index contributed by atoms with van der Waals surface area (Å²) in [7, 11) is 1.53. The third kappa shape index (κ3) is 3.15. The summed E-state index contributed by atoms with van der Waals surface area (Å²) >= 11 is 6.40. The molecule has 162 valence electrons. The van der Waals surface area contributed by atoms with E-state index in [1.165, 1.54) is 24.1 Å². The fraction of sp³-hybridized carbons (Fsp3) is 0.143. The summed E-state index contributed by atoms with van der Waals surface area (Å²) in [5.41, 5.74) is 1.07. The molecule has 0 fully saturated rings. The molecule has 3 heterocycles. The molecule has 2 aromatic carbocycles. The van der Waals surface area contributed by atoms with Crippen LogP contribution in [0.5, 0.6) is 0 Å². The van der Waals surface area contributed by atoms with Gasteiger partial charge in [0.15, 0.2) is 5.69 Å². The molecule has 5 aromatic rings. The Morgan fingerprint density at radius 3 is 2.81 bits per heavy atom. The van der Waals surface area contributed by atoms with Crippen LogP contribution in [0, 0.1) is 11.6 Å². The maximum Gasteiger partial charge on any atom is 0.279 e. The van der Waals surface area contributed by atoms with Crippen LogP contribution in [0.4, 0.5) is 8.78 Å². The van der Waals surface area contributed by atoms with E-state index in [0.717, 1.165) is 12.1 Å². The van der Waals surface area contributed by atoms with Crippen LogP contribution in [-0.4, -0.2) is 37.8 Å². The Hall–Kier alpha value is -3.63. The Balaban J connectivity index is 1.73. The van der Waals surface area contributed by atoms with Crippen molar-refractivity contribution in [2.24, 2.45) is 0 Å². The highest BCUT2D eigenvalue weighted by Gasteiger charge is 2.23. The molecule has 0 saturated carbocycles. The molecule has 5 rings (SSSR count). The minimum atomic E-state index is -0.838. The number of methoxy groups -OCH3 is 1. The third-order valence-corrected chi connectivity index (χ3v) is 5.33. The van der Waals surface area contributed by atoms with Gasteiger partial charge in [0.25, 0.3) is 11.4 Å². The number of rotatable bonds is 5. The fourth-order valence-corrected chi connectivity index (χ4v) is 3.85. The second-order valence-corrected chi connectivity index (χ2v) is 7.32. The second-order valence-electron chi connectivity index (χ2n) is 6.92. The highest BCUT2D eigenvalue weighted by atomic mass is 35.5. The van der Waals surface area contributed by atoms with Crippen molar-refractivity contribution in [2.45, 2.75) is 6.54 Å². The van der Waals surface area contributed by atoms with Crippen molar-refractivity contribution in [1.82, 2.24) is 24.1 Å². The van der Waals surface area contributed by atoms with Gasteiger partial charge in [0, 0.05) is 19.7 Å². The van der Waals surface area contributed by atoms with E-state index < -0.39 is 11.6 Å². The molecule has 0 saturated heterocycles. The van der Waals surface area contributed by atoms with Crippen molar-refractivity contribution in [3.05, 3.63) is 69.7 Å². The third-order valence-electron chi connectivity index (χ3n) is 5.03. The van der Waals surface area contributed by atoms with Crippen LogP contribution in [0.2, 0.25) is 5.02 Å². The number of fused-ring (bicyclic) bond motifs is 3. The van der Waals surface area contributed by atoms with Gasteiger partial charge in [-0.1, -0.05) is 22.8 Å². The quantitative estimate of drug-likeness (QED) is 0.397. The SMILES string of the molecule is COCCn1c(=O)c2c(-c3nc(-c4ccc(F)cc4F)no3)ncn2c2cccc(Cl)c21. The zero-order chi connectivity index (χ0) is 22.4. The van der Waals surface area contributed by atoms with E-state index in [4.69, 9.17) is 20.9 Å². The van der Waals surface area contributed by atoms with E-state index in [1.54, 1.807) is 22.6 Å². The molecular weight excluding hydrogens is 444 g/mol. The smallest absolute Gasteiger partial charge is 0.279 e. The van der Waals surface area contributed by atoms with Gasteiger partial charge in [0.2, 0.25) is 5.82 Å². The largest absolute Gasteiger partial charge is 0.383 e. The fourth-order valence-electron chi connectivity index (χ4n) is 3.58. The summed E-state index contributed by atoms with van der Waals surface area (Å²) in [5.74, 6) is -1.74. The number of hydrogen-bond acceptors (Lipinski definition) is 6. The Bertz CT molecular complexity index is 1540. The minimum Gasteiger partial charge on any atom is -0.383 e. The van der Waals surface area contributed by atoms with Crippen LogP contribution >= 0.6 is 11.6 Å². The molecule has 8 nitrogen and oxygen atoms in total. The minimum absolute atomic E-state index is 0.0420. The number of halogens is 3. The predicted molar refractivity (Wildman–Crippen MR) is 112 cm³/mol. The summed E-state index contributed by atoms with van der Waals surface area (Å²) in [6, 6.07) is 8.27. The number of aromatic nitrogens is 5. The highest BCUT2D eigenvalue weighted by molar-refractivity contribution is 6.35. The first kappa shape index (κ1) is 20.3. The van der Waals surface area contributed by atoms with Gasteiger partial charge in [0.05, 0.1) is 28.2 Å². The molecule has 0 spiro atoms. The molecule has 0 atom stereocenters. The Labute approximate surface area is 183 Å². The molecule has 0 radical (unpaired) electrons. The first-order valence-electron chi connectivity index (χ1n) is 9.46. The maximum atomic E-state index is 14.1.